The van der Waals surface area contributed by atoms with Gasteiger partial charge in [-0.15, -0.1) is 11.8 Å². The van der Waals surface area contributed by atoms with Crippen molar-refractivity contribution in [2.75, 3.05) is 11.7 Å². The molecule has 2 N–H and O–H groups in total. The number of hydrazine groups is 1. The summed E-state index contributed by atoms with van der Waals surface area (Å²) in [6, 6.07) is 12.0. The second-order valence-corrected chi connectivity index (χ2v) is 7.93. The molecule has 1 aromatic heterocycles. The number of carbonyl (C=O) groups excluding carboxylic acids is 1. The molecule has 1 heterocycles. The normalized spacial score (nSPS) is 13.5. The summed E-state index contributed by atoms with van der Waals surface area (Å²) in [6.45, 7) is 0. The van der Waals surface area contributed by atoms with Crippen molar-refractivity contribution in [2.45, 2.75) is 30.6 Å². The van der Waals surface area contributed by atoms with Crippen LogP contribution in [0.3, 0.4) is 0 Å². The highest BCUT2D eigenvalue weighted by Crippen LogP contribution is 2.33. The lowest BCUT2D eigenvalue weighted by molar-refractivity contribution is 0.0960. The largest absolute Gasteiger partial charge is 0.273 e. The number of fused-ring (bicyclic) bond motifs is 3. The lowest BCUT2D eigenvalue weighted by Crippen LogP contribution is -2.29. The van der Waals surface area contributed by atoms with E-state index in [-0.39, 0.29) is 5.91 Å². The fourth-order valence-corrected chi connectivity index (χ4v) is 4.73. The number of hydrogen-bond acceptors (Lipinski definition) is 5. The molecule has 25 heavy (non-hydrogen) atoms. The quantitative estimate of drug-likeness (QED) is 0.519. The molecule has 0 fully saturated rings. The third-order valence-electron chi connectivity index (χ3n) is 4.52. The molecule has 0 spiro atoms. The van der Waals surface area contributed by atoms with Gasteiger partial charge in [0.1, 0.15) is 0 Å². The van der Waals surface area contributed by atoms with Crippen molar-refractivity contribution in [3.63, 3.8) is 0 Å². The Morgan fingerprint density at radius 1 is 1.16 bits per heavy atom. The Morgan fingerprint density at radius 2 is 2.00 bits per heavy atom. The van der Waals surface area contributed by atoms with Gasteiger partial charge < -0.3 is 0 Å². The summed E-state index contributed by atoms with van der Waals surface area (Å²) >= 11 is 3.14. The van der Waals surface area contributed by atoms with Crippen LogP contribution < -0.4 is 10.9 Å². The number of rotatable bonds is 4. The maximum absolute atomic E-state index is 12.4. The van der Waals surface area contributed by atoms with Crippen LogP contribution in [0, 0.1) is 0 Å². The second-order valence-electron chi connectivity index (χ2n) is 6.06. The van der Waals surface area contributed by atoms with Crippen LogP contribution in [0.25, 0.3) is 10.2 Å². The van der Waals surface area contributed by atoms with Crippen LogP contribution >= 0.6 is 23.1 Å². The van der Waals surface area contributed by atoms with E-state index in [1.807, 2.05) is 30.5 Å². The smallest absolute Gasteiger partial charge is 0.270 e. The van der Waals surface area contributed by atoms with E-state index < -0.39 is 0 Å². The molecule has 6 heteroatoms. The van der Waals surface area contributed by atoms with Crippen LogP contribution in [-0.4, -0.2) is 17.1 Å². The Balaban J connectivity index is 1.54. The lowest BCUT2D eigenvalue weighted by Gasteiger charge is -2.15. The zero-order valence-corrected chi connectivity index (χ0v) is 15.6. The van der Waals surface area contributed by atoms with Crippen molar-refractivity contribution in [2.24, 2.45) is 0 Å². The first-order valence-electron chi connectivity index (χ1n) is 8.37. The highest BCUT2D eigenvalue weighted by molar-refractivity contribution is 7.98. The van der Waals surface area contributed by atoms with Gasteiger partial charge in [0.15, 0.2) is 0 Å². The van der Waals surface area contributed by atoms with Crippen LogP contribution in [-0.2, 0) is 12.8 Å². The molecule has 0 atom stereocenters. The molecule has 1 aliphatic carbocycles. The SMILES string of the molecule is CSc1ccccc1C(=O)NNc1nc2c3c(ccc2s1)CCCC3. The number of hydrogen-bond donors (Lipinski definition) is 2. The van der Waals surface area contributed by atoms with Crippen molar-refractivity contribution >= 4 is 44.4 Å². The van der Waals surface area contributed by atoms with Gasteiger partial charge in [0.25, 0.3) is 5.91 Å². The summed E-state index contributed by atoms with van der Waals surface area (Å²) < 4.78 is 1.17. The van der Waals surface area contributed by atoms with Gasteiger partial charge in [-0.05, 0) is 61.3 Å². The molecule has 4 nitrogen and oxygen atoms in total. The van der Waals surface area contributed by atoms with Gasteiger partial charge >= 0.3 is 0 Å². The highest BCUT2D eigenvalue weighted by Gasteiger charge is 2.16. The van der Waals surface area contributed by atoms with E-state index in [0.717, 1.165) is 28.4 Å². The van der Waals surface area contributed by atoms with Gasteiger partial charge in [-0.1, -0.05) is 29.5 Å². The van der Waals surface area contributed by atoms with Crippen LogP contribution in [0.15, 0.2) is 41.3 Å². The average molecular weight is 370 g/mol. The third-order valence-corrected chi connectivity index (χ3v) is 6.25. The zero-order chi connectivity index (χ0) is 17.2. The number of thioether (sulfide) groups is 1. The van der Waals surface area contributed by atoms with E-state index in [4.69, 9.17) is 4.98 Å². The molecular weight excluding hydrogens is 350 g/mol. The fraction of sp³-hybridized carbons (Fsp3) is 0.263. The topological polar surface area (TPSA) is 54.0 Å². The maximum atomic E-state index is 12.4. The van der Waals surface area contributed by atoms with Crippen molar-refractivity contribution < 1.29 is 4.79 Å². The molecule has 0 unspecified atom stereocenters. The summed E-state index contributed by atoms with van der Waals surface area (Å²) in [4.78, 5) is 18.1. The Kier molecular flexibility index (Phi) is 4.63. The Morgan fingerprint density at radius 3 is 2.88 bits per heavy atom. The first kappa shape index (κ1) is 16.4. The number of anilines is 1. The Labute approximate surface area is 155 Å². The number of aromatic nitrogens is 1. The number of thiazole rings is 1. The summed E-state index contributed by atoms with van der Waals surface area (Å²) in [5, 5.41) is 0.726. The van der Waals surface area contributed by atoms with E-state index in [1.54, 1.807) is 23.1 Å². The molecule has 0 bridgehead atoms. The van der Waals surface area contributed by atoms with E-state index >= 15 is 0 Å². The van der Waals surface area contributed by atoms with Crippen LogP contribution in [0.1, 0.15) is 34.3 Å². The van der Waals surface area contributed by atoms with Gasteiger partial charge in [0.05, 0.1) is 15.8 Å². The molecule has 1 aliphatic rings. The van der Waals surface area contributed by atoms with Crippen LogP contribution in [0.2, 0.25) is 0 Å². The van der Waals surface area contributed by atoms with E-state index in [0.29, 0.717) is 5.56 Å². The zero-order valence-electron chi connectivity index (χ0n) is 14.0. The minimum Gasteiger partial charge on any atom is -0.273 e. The monoisotopic (exact) mass is 369 g/mol. The third kappa shape index (κ3) is 3.24. The van der Waals surface area contributed by atoms with Gasteiger partial charge in [-0.25, -0.2) is 4.98 Å². The molecule has 1 amide bonds. The van der Waals surface area contributed by atoms with Gasteiger partial charge in [0.2, 0.25) is 5.13 Å². The van der Waals surface area contributed by atoms with Crippen molar-refractivity contribution in [1.29, 1.82) is 0 Å². The molecule has 4 rings (SSSR count). The number of nitrogens with zero attached hydrogens (tertiary/aromatic N) is 1. The number of carbonyl (C=O) groups is 1. The van der Waals surface area contributed by atoms with Crippen LogP contribution in [0.5, 0.6) is 0 Å². The standard InChI is InChI=1S/C19H19N3OS2/c1-24-15-9-5-4-8-14(15)18(23)21-22-19-20-17-13-7-3-2-6-12(13)10-11-16(17)25-19/h4-5,8-11H,2-3,6-7H2,1H3,(H,20,22)(H,21,23). The molecule has 3 aromatic rings. The minimum absolute atomic E-state index is 0.147. The molecule has 128 valence electrons. The lowest BCUT2D eigenvalue weighted by atomic mass is 9.91. The second kappa shape index (κ2) is 7.06. The van der Waals surface area contributed by atoms with Crippen molar-refractivity contribution in [3.8, 4) is 0 Å². The summed E-state index contributed by atoms with van der Waals surface area (Å²) in [5.41, 5.74) is 10.3. The summed E-state index contributed by atoms with van der Waals surface area (Å²) in [5.74, 6) is -0.147. The Bertz CT molecular complexity index is 936. The van der Waals surface area contributed by atoms with Gasteiger partial charge in [0, 0.05) is 4.90 Å². The predicted molar refractivity (Wildman–Crippen MR) is 106 cm³/mol. The molecular formula is C19H19N3OS2. The average Bonchev–Trinajstić information content (AvgIpc) is 3.09. The number of amides is 1. The van der Waals surface area contributed by atoms with Gasteiger partial charge in [-0.2, -0.15) is 0 Å². The molecule has 0 radical (unpaired) electrons. The molecule has 0 saturated carbocycles. The van der Waals surface area contributed by atoms with Crippen molar-refractivity contribution in [3.05, 3.63) is 53.1 Å². The Hall–Kier alpha value is -2.05. The molecule has 0 saturated heterocycles. The van der Waals surface area contributed by atoms with E-state index in [1.165, 1.54) is 28.7 Å². The first-order chi connectivity index (χ1) is 12.3. The summed E-state index contributed by atoms with van der Waals surface area (Å²) in [6.07, 6.45) is 6.71. The van der Waals surface area contributed by atoms with E-state index in [9.17, 15) is 4.79 Å². The van der Waals surface area contributed by atoms with E-state index in [2.05, 4.69) is 23.0 Å². The minimum atomic E-state index is -0.147. The first-order valence-corrected chi connectivity index (χ1v) is 10.4. The van der Waals surface area contributed by atoms with Crippen molar-refractivity contribution in [1.82, 2.24) is 10.4 Å². The molecule has 0 aliphatic heterocycles. The number of aryl methyl sites for hydroxylation is 2. The molecule has 2 aromatic carbocycles. The highest BCUT2D eigenvalue weighted by atomic mass is 32.2. The maximum Gasteiger partial charge on any atom is 0.270 e. The fourth-order valence-electron chi connectivity index (χ4n) is 3.28. The van der Waals surface area contributed by atoms with Crippen LogP contribution in [0.4, 0.5) is 5.13 Å². The van der Waals surface area contributed by atoms with Gasteiger partial charge in [-0.3, -0.25) is 15.6 Å². The summed E-state index contributed by atoms with van der Waals surface area (Å²) in [7, 11) is 0. The number of benzene rings is 2. The number of nitrogens with one attached hydrogen (secondary N) is 2. The predicted octanol–water partition coefficient (Wildman–Crippen LogP) is 4.65.